The van der Waals surface area contributed by atoms with Crippen molar-refractivity contribution < 1.29 is 5.21 Å². The molecule has 0 fully saturated rings. The average molecular weight is 252 g/mol. The van der Waals surface area contributed by atoms with Crippen LogP contribution in [0.25, 0.3) is 0 Å². The van der Waals surface area contributed by atoms with Crippen molar-refractivity contribution in [3.05, 3.63) is 66.0 Å². The lowest BCUT2D eigenvalue weighted by atomic mass is 10.1. The highest BCUT2D eigenvalue weighted by molar-refractivity contribution is 6.38. The van der Waals surface area contributed by atoms with Crippen molar-refractivity contribution in [2.75, 3.05) is 0 Å². The molecule has 0 bridgehead atoms. The SMILES string of the molecule is O/N=C/C(=N\N=C\c1ccccn1)c1ccccc1. The van der Waals surface area contributed by atoms with E-state index in [1.165, 1.54) is 12.4 Å². The van der Waals surface area contributed by atoms with Gasteiger partial charge in [-0.25, -0.2) is 0 Å². The molecule has 0 saturated carbocycles. The molecule has 0 aliphatic rings. The molecule has 94 valence electrons. The summed E-state index contributed by atoms with van der Waals surface area (Å²) in [6, 6.07) is 14.9. The highest BCUT2D eigenvalue weighted by Gasteiger charge is 1.99. The number of aromatic nitrogens is 1. The third-order valence-corrected chi connectivity index (χ3v) is 2.29. The van der Waals surface area contributed by atoms with Gasteiger partial charge in [-0.1, -0.05) is 41.6 Å². The first-order valence-electron chi connectivity index (χ1n) is 5.65. The van der Waals surface area contributed by atoms with Gasteiger partial charge in [0.25, 0.3) is 0 Å². The molecule has 1 aromatic carbocycles. The number of pyridine rings is 1. The Bertz CT molecular complexity index is 591. The zero-order valence-electron chi connectivity index (χ0n) is 10.1. The molecule has 5 heteroatoms. The van der Waals surface area contributed by atoms with Crippen molar-refractivity contribution in [2.24, 2.45) is 15.4 Å². The van der Waals surface area contributed by atoms with Crippen molar-refractivity contribution in [2.45, 2.75) is 0 Å². The van der Waals surface area contributed by atoms with E-state index in [9.17, 15) is 0 Å². The van der Waals surface area contributed by atoms with Crippen molar-refractivity contribution in [3.63, 3.8) is 0 Å². The van der Waals surface area contributed by atoms with Crippen LogP contribution < -0.4 is 0 Å². The van der Waals surface area contributed by atoms with Gasteiger partial charge >= 0.3 is 0 Å². The molecule has 2 aromatic rings. The first kappa shape index (κ1) is 12.6. The van der Waals surface area contributed by atoms with E-state index in [-0.39, 0.29) is 0 Å². The molecule has 2 rings (SSSR count). The summed E-state index contributed by atoms with van der Waals surface area (Å²) < 4.78 is 0. The van der Waals surface area contributed by atoms with E-state index >= 15 is 0 Å². The normalized spacial score (nSPS) is 12.3. The summed E-state index contributed by atoms with van der Waals surface area (Å²) in [5.41, 5.74) is 1.99. The lowest BCUT2D eigenvalue weighted by Gasteiger charge is -1.97. The van der Waals surface area contributed by atoms with Crippen molar-refractivity contribution in [1.29, 1.82) is 0 Å². The van der Waals surface area contributed by atoms with Gasteiger partial charge in [0, 0.05) is 11.8 Å². The highest BCUT2D eigenvalue weighted by Crippen LogP contribution is 2.00. The van der Waals surface area contributed by atoms with E-state index in [1.807, 2.05) is 48.5 Å². The predicted molar refractivity (Wildman–Crippen MR) is 75.1 cm³/mol. The lowest BCUT2D eigenvalue weighted by Crippen LogP contribution is -2.01. The van der Waals surface area contributed by atoms with Crippen molar-refractivity contribution in [3.8, 4) is 0 Å². The first-order valence-corrected chi connectivity index (χ1v) is 5.65. The van der Waals surface area contributed by atoms with Crippen LogP contribution in [-0.4, -0.2) is 28.3 Å². The molecule has 0 spiro atoms. The van der Waals surface area contributed by atoms with Crippen LogP contribution in [0.4, 0.5) is 0 Å². The van der Waals surface area contributed by atoms with Crippen LogP contribution in [0, 0.1) is 0 Å². The maximum Gasteiger partial charge on any atom is 0.114 e. The number of benzene rings is 1. The molecular weight excluding hydrogens is 240 g/mol. The standard InChI is InChI=1S/C14H12N4O/c19-17-11-14(12-6-2-1-3-7-12)18-16-10-13-8-4-5-9-15-13/h1-11,19H/b16-10+,17-11+,18-14+. The Morgan fingerprint density at radius 1 is 1.05 bits per heavy atom. The summed E-state index contributed by atoms with van der Waals surface area (Å²) in [5.74, 6) is 0. The summed E-state index contributed by atoms with van der Waals surface area (Å²) in [6.07, 6.45) is 4.46. The van der Waals surface area contributed by atoms with Gasteiger partial charge < -0.3 is 5.21 Å². The Kier molecular flexibility index (Phi) is 4.52. The zero-order valence-corrected chi connectivity index (χ0v) is 10.1. The number of nitrogens with zero attached hydrogens (tertiary/aromatic N) is 4. The fraction of sp³-hybridized carbons (Fsp3) is 0. The third-order valence-electron chi connectivity index (χ3n) is 2.29. The summed E-state index contributed by atoms with van der Waals surface area (Å²) in [7, 11) is 0. The molecule has 0 aliphatic carbocycles. The van der Waals surface area contributed by atoms with Crippen molar-refractivity contribution in [1.82, 2.24) is 4.98 Å². The van der Waals surface area contributed by atoms with Crippen LogP contribution in [0.15, 0.2) is 70.1 Å². The number of hydrogen-bond acceptors (Lipinski definition) is 5. The fourth-order valence-electron chi connectivity index (χ4n) is 1.42. The van der Waals surface area contributed by atoms with E-state index in [0.29, 0.717) is 11.4 Å². The molecule has 0 amide bonds. The van der Waals surface area contributed by atoms with Crippen molar-refractivity contribution >= 4 is 18.1 Å². The van der Waals surface area contributed by atoms with E-state index < -0.39 is 0 Å². The van der Waals surface area contributed by atoms with Crippen LogP contribution in [0.3, 0.4) is 0 Å². The van der Waals surface area contributed by atoms with E-state index in [2.05, 4.69) is 20.3 Å². The summed E-state index contributed by atoms with van der Waals surface area (Å²) >= 11 is 0. The molecule has 19 heavy (non-hydrogen) atoms. The Morgan fingerprint density at radius 3 is 2.53 bits per heavy atom. The average Bonchev–Trinajstić information content (AvgIpc) is 2.48. The second-order valence-corrected chi connectivity index (χ2v) is 3.60. The highest BCUT2D eigenvalue weighted by atomic mass is 16.4. The Labute approximate surface area is 110 Å². The quantitative estimate of drug-likeness (QED) is 0.515. The van der Waals surface area contributed by atoms with Gasteiger partial charge in [0.05, 0.1) is 18.1 Å². The van der Waals surface area contributed by atoms with Gasteiger partial charge in [-0.2, -0.15) is 5.10 Å². The number of oxime groups is 1. The molecule has 1 aromatic heterocycles. The Hall–Kier alpha value is -2.82. The second-order valence-electron chi connectivity index (χ2n) is 3.60. The molecule has 0 atom stereocenters. The van der Waals surface area contributed by atoms with Crippen LogP contribution in [0.1, 0.15) is 11.3 Å². The van der Waals surface area contributed by atoms with E-state index in [0.717, 1.165) is 5.56 Å². The molecule has 0 radical (unpaired) electrons. The van der Waals surface area contributed by atoms with Gasteiger partial charge in [0.2, 0.25) is 0 Å². The molecule has 1 N–H and O–H groups in total. The maximum absolute atomic E-state index is 8.64. The monoisotopic (exact) mass is 252 g/mol. The second kappa shape index (κ2) is 6.80. The number of hydrogen-bond donors (Lipinski definition) is 1. The van der Waals surface area contributed by atoms with Crippen LogP contribution in [-0.2, 0) is 0 Å². The predicted octanol–water partition coefficient (Wildman–Crippen LogP) is 2.36. The van der Waals surface area contributed by atoms with Gasteiger partial charge in [0.1, 0.15) is 5.71 Å². The minimum Gasteiger partial charge on any atom is -0.411 e. The topological polar surface area (TPSA) is 70.2 Å². The van der Waals surface area contributed by atoms with Crippen LogP contribution in [0.5, 0.6) is 0 Å². The fourth-order valence-corrected chi connectivity index (χ4v) is 1.42. The Balaban J connectivity index is 2.21. The molecule has 5 nitrogen and oxygen atoms in total. The first-order chi connectivity index (χ1) is 9.40. The van der Waals surface area contributed by atoms with E-state index in [1.54, 1.807) is 6.20 Å². The zero-order chi connectivity index (χ0) is 13.3. The molecule has 0 unspecified atom stereocenters. The van der Waals surface area contributed by atoms with Crippen LogP contribution in [0.2, 0.25) is 0 Å². The smallest absolute Gasteiger partial charge is 0.114 e. The number of rotatable bonds is 4. The van der Waals surface area contributed by atoms with Gasteiger partial charge in [-0.05, 0) is 12.1 Å². The largest absolute Gasteiger partial charge is 0.411 e. The summed E-state index contributed by atoms with van der Waals surface area (Å²) in [4.78, 5) is 4.09. The molecule has 0 aliphatic heterocycles. The van der Waals surface area contributed by atoms with Gasteiger partial charge in [-0.3, -0.25) is 4.98 Å². The lowest BCUT2D eigenvalue weighted by molar-refractivity contribution is 0.322. The minimum atomic E-state index is 0.468. The van der Waals surface area contributed by atoms with Gasteiger partial charge in [0.15, 0.2) is 0 Å². The van der Waals surface area contributed by atoms with Crippen LogP contribution >= 0.6 is 0 Å². The Morgan fingerprint density at radius 2 is 1.84 bits per heavy atom. The molecule has 1 heterocycles. The van der Waals surface area contributed by atoms with E-state index in [4.69, 9.17) is 5.21 Å². The molecule has 0 saturated heterocycles. The minimum absolute atomic E-state index is 0.468. The molecular formula is C14H12N4O. The summed E-state index contributed by atoms with van der Waals surface area (Å²) in [5, 5.41) is 19.6. The third kappa shape index (κ3) is 3.85. The maximum atomic E-state index is 8.64. The summed E-state index contributed by atoms with van der Waals surface area (Å²) in [6.45, 7) is 0. The van der Waals surface area contributed by atoms with Gasteiger partial charge in [-0.15, -0.1) is 5.10 Å².